The number of hydrogen-bond donors (Lipinski definition) is 1. The van der Waals surface area contributed by atoms with Crippen LogP contribution in [0.4, 0.5) is 13.2 Å². The number of alkyl halides is 3. The summed E-state index contributed by atoms with van der Waals surface area (Å²) in [6.07, 6.45) is -0.897. The lowest BCUT2D eigenvalue weighted by Crippen LogP contribution is -2.44. The Balaban J connectivity index is 1.40. The van der Waals surface area contributed by atoms with Crippen LogP contribution >= 0.6 is 0 Å². The third kappa shape index (κ3) is 6.62. The van der Waals surface area contributed by atoms with Crippen LogP contribution in [-0.4, -0.2) is 67.2 Å². The highest BCUT2D eigenvalue weighted by molar-refractivity contribution is 5.94. The van der Waals surface area contributed by atoms with Crippen molar-refractivity contribution >= 4 is 11.8 Å². The average Bonchev–Trinajstić information content (AvgIpc) is 3.21. The van der Waals surface area contributed by atoms with E-state index in [-0.39, 0.29) is 17.4 Å². The van der Waals surface area contributed by atoms with Gasteiger partial charge in [-0.25, -0.2) is 0 Å². The van der Waals surface area contributed by atoms with Gasteiger partial charge in [0.2, 0.25) is 5.91 Å². The number of nitrogens with one attached hydrogen (secondary N) is 1. The first-order chi connectivity index (χ1) is 13.8. The number of benzene rings is 1. The summed E-state index contributed by atoms with van der Waals surface area (Å²) in [6.45, 7) is 4.22. The average molecular weight is 413 g/mol. The molecule has 1 N–H and O–H groups in total. The van der Waals surface area contributed by atoms with Gasteiger partial charge in [0.05, 0.1) is 6.54 Å². The smallest absolute Gasteiger partial charge is 0.406 e. The summed E-state index contributed by atoms with van der Waals surface area (Å²) in [4.78, 5) is 28.6. The van der Waals surface area contributed by atoms with Crippen molar-refractivity contribution in [2.75, 3.05) is 39.3 Å². The number of carbonyl (C=O) groups is 2. The van der Waals surface area contributed by atoms with E-state index in [9.17, 15) is 22.8 Å². The van der Waals surface area contributed by atoms with Gasteiger partial charge in [-0.05, 0) is 62.9 Å². The normalized spacial score (nSPS) is 18.7. The summed E-state index contributed by atoms with van der Waals surface area (Å²) >= 11 is 0. The fraction of sp³-hybridized carbons (Fsp3) is 0.600. The van der Waals surface area contributed by atoms with E-state index < -0.39 is 18.0 Å². The molecule has 0 saturated carbocycles. The highest BCUT2D eigenvalue weighted by Gasteiger charge is 2.31. The highest BCUT2D eigenvalue weighted by atomic mass is 19.4. The number of likely N-dealkylation sites (tertiary alicyclic amines) is 2. The Morgan fingerprint density at radius 1 is 1.10 bits per heavy atom. The van der Waals surface area contributed by atoms with E-state index in [2.05, 4.69) is 15.0 Å². The van der Waals surface area contributed by atoms with Crippen LogP contribution in [0.2, 0.25) is 0 Å². The summed E-state index contributed by atoms with van der Waals surface area (Å²) in [5, 5.41) is 2.79. The number of halogens is 3. The molecule has 0 bridgehead atoms. The van der Waals surface area contributed by atoms with Crippen LogP contribution in [0.1, 0.15) is 36.0 Å². The minimum absolute atomic E-state index is 0.125. The van der Waals surface area contributed by atoms with Crippen molar-refractivity contribution in [2.24, 2.45) is 5.92 Å². The summed E-state index contributed by atoms with van der Waals surface area (Å²) in [6, 6.07) is 5.04. The zero-order valence-corrected chi connectivity index (χ0v) is 16.2. The van der Waals surface area contributed by atoms with Gasteiger partial charge in [-0.3, -0.25) is 14.5 Å². The molecule has 2 saturated heterocycles. The van der Waals surface area contributed by atoms with Gasteiger partial charge in [-0.1, -0.05) is 6.07 Å². The van der Waals surface area contributed by atoms with E-state index >= 15 is 0 Å². The molecule has 0 spiro atoms. The first-order valence-electron chi connectivity index (χ1n) is 9.94. The Morgan fingerprint density at radius 2 is 1.79 bits per heavy atom. The predicted octanol–water partition coefficient (Wildman–Crippen LogP) is 2.65. The molecule has 0 aromatic heterocycles. The standard InChI is InChI=1S/C20H26F3N3O3/c21-20(22,23)29-17-5-3-4-16(12-17)19(28)24-13-15-6-10-25(11-7-15)14-18(27)26-8-1-2-9-26/h3-5,12,15H,1-2,6-11,13-14H2,(H,24,28). The maximum atomic E-state index is 12.3. The van der Waals surface area contributed by atoms with E-state index in [4.69, 9.17) is 0 Å². The Hall–Kier alpha value is -2.29. The third-order valence-corrected chi connectivity index (χ3v) is 5.41. The van der Waals surface area contributed by atoms with Gasteiger partial charge in [0.25, 0.3) is 5.91 Å². The molecule has 1 aromatic carbocycles. The molecular formula is C20H26F3N3O3. The van der Waals surface area contributed by atoms with Crippen LogP contribution in [0.3, 0.4) is 0 Å². The fourth-order valence-corrected chi connectivity index (χ4v) is 3.78. The van der Waals surface area contributed by atoms with Crippen molar-refractivity contribution in [2.45, 2.75) is 32.0 Å². The van der Waals surface area contributed by atoms with Crippen LogP contribution in [-0.2, 0) is 4.79 Å². The second kappa shape index (κ2) is 9.47. The quantitative estimate of drug-likeness (QED) is 0.779. The van der Waals surface area contributed by atoms with E-state index in [1.165, 1.54) is 12.1 Å². The molecule has 2 amide bonds. The lowest BCUT2D eigenvalue weighted by molar-refractivity contribution is -0.274. The van der Waals surface area contributed by atoms with Crippen molar-refractivity contribution in [3.05, 3.63) is 29.8 Å². The maximum Gasteiger partial charge on any atom is 0.573 e. The third-order valence-electron chi connectivity index (χ3n) is 5.41. The number of ether oxygens (including phenoxy) is 1. The molecule has 1 aromatic rings. The number of nitrogens with zero attached hydrogens (tertiary/aromatic N) is 2. The first kappa shape index (κ1) is 21.4. The first-order valence-corrected chi connectivity index (χ1v) is 9.94. The highest BCUT2D eigenvalue weighted by Crippen LogP contribution is 2.23. The van der Waals surface area contributed by atoms with Gasteiger partial charge in [0.15, 0.2) is 0 Å². The van der Waals surface area contributed by atoms with E-state index in [0.29, 0.717) is 13.1 Å². The summed E-state index contributed by atoms with van der Waals surface area (Å²) in [5.74, 6) is -0.368. The van der Waals surface area contributed by atoms with E-state index in [1.807, 2.05) is 4.90 Å². The molecule has 3 rings (SSSR count). The molecule has 2 aliphatic heterocycles. The molecule has 0 aliphatic carbocycles. The Morgan fingerprint density at radius 3 is 2.45 bits per heavy atom. The summed E-state index contributed by atoms with van der Waals surface area (Å²) < 4.78 is 40.8. The molecule has 9 heteroatoms. The number of carbonyl (C=O) groups excluding carboxylic acids is 2. The molecule has 2 fully saturated rings. The molecule has 2 heterocycles. The number of rotatable bonds is 6. The van der Waals surface area contributed by atoms with Gasteiger partial charge < -0.3 is 15.0 Å². The van der Waals surface area contributed by atoms with Crippen LogP contribution < -0.4 is 10.1 Å². The number of piperidine rings is 1. The summed E-state index contributed by atoms with van der Waals surface area (Å²) in [5.41, 5.74) is 0.125. The van der Waals surface area contributed by atoms with Crippen LogP contribution in [0.25, 0.3) is 0 Å². The SMILES string of the molecule is O=C(NCC1CCN(CC(=O)N2CCCC2)CC1)c1cccc(OC(F)(F)F)c1. The summed E-state index contributed by atoms with van der Waals surface area (Å²) in [7, 11) is 0. The van der Waals surface area contributed by atoms with Crippen molar-refractivity contribution in [3.63, 3.8) is 0 Å². The molecule has 0 radical (unpaired) electrons. The fourth-order valence-electron chi connectivity index (χ4n) is 3.78. The number of hydrogen-bond acceptors (Lipinski definition) is 4. The largest absolute Gasteiger partial charge is 0.573 e. The second-order valence-electron chi connectivity index (χ2n) is 7.59. The minimum atomic E-state index is -4.79. The van der Waals surface area contributed by atoms with Crippen molar-refractivity contribution in [1.82, 2.24) is 15.1 Å². The topological polar surface area (TPSA) is 61.9 Å². The Kier molecular flexibility index (Phi) is 7.00. The van der Waals surface area contributed by atoms with Gasteiger partial charge in [-0.2, -0.15) is 0 Å². The maximum absolute atomic E-state index is 12.3. The van der Waals surface area contributed by atoms with Crippen LogP contribution in [0.15, 0.2) is 24.3 Å². The molecule has 29 heavy (non-hydrogen) atoms. The minimum Gasteiger partial charge on any atom is -0.406 e. The van der Waals surface area contributed by atoms with E-state index in [1.54, 1.807) is 0 Å². The molecular weight excluding hydrogens is 387 g/mol. The predicted molar refractivity (Wildman–Crippen MR) is 100 cm³/mol. The Bertz CT molecular complexity index is 712. The van der Waals surface area contributed by atoms with Crippen molar-refractivity contribution in [1.29, 1.82) is 0 Å². The van der Waals surface area contributed by atoms with Gasteiger partial charge in [-0.15, -0.1) is 13.2 Å². The molecule has 0 unspecified atom stereocenters. The van der Waals surface area contributed by atoms with Crippen molar-refractivity contribution in [3.8, 4) is 5.75 Å². The second-order valence-corrected chi connectivity index (χ2v) is 7.59. The lowest BCUT2D eigenvalue weighted by Gasteiger charge is -2.32. The van der Waals surface area contributed by atoms with Crippen LogP contribution in [0, 0.1) is 5.92 Å². The Labute approximate surface area is 168 Å². The van der Waals surface area contributed by atoms with Gasteiger partial charge in [0, 0.05) is 25.2 Å². The van der Waals surface area contributed by atoms with Gasteiger partial charge >= 0.3 is 6.36 Å². The molecule has 2 aliphatic rings. The zero-order valence-electron chi connectivity index (χ0n) is 16.2. The van der Waals surface area contributed by atoms with Crippen LogP contribution in [0.5, 0.6) is 5.75 Å². The van der Waals surface area contributed by atoms with Crippen molar-refractivity contribution < 1.29 is 27.5 Å². The van der Waals surface area contributed by atoms with E-state index in [0.717, 1.165) is 64.0 Å². The van der Waals surface area contributed by atoms with Gasteiger partial charge in [0.1, 0.15) is 5.75 Å². The molecule has 0 atom stereocenters. The zero-order chi connectivity index (χ0) is 20.9. The number of amides is 2. The molecule has 160 valence electrons. The lowest BCUT2D eigenvalue weighted by atomic mass is 9.96. The monoisotopic (exact) mass is 413 g/mol. The molecule has 6 nitrogen and oxygen atoms in total.